The lowest BCUT2D eigenvalue weighted by atomic mass is 10.1. The Bertz CT molecular complexity index is 787. The highest BCUT2D eigenvalue weighted by molar-refractivity contribution is 7.12. The van der Waals surface area contributed by atoms with Gasteiger partial charge in [0, 0.05) is 43.0 Å². The van der Waals surface area contributed by atoms with Gasteiger partial charge in [-0.3, -0.25) is 9.89 Å². The first kappa shape index (κ1) is 21.6. The van der Waals surface area contributed by atoms with E-state index >= 15 is 0 Å². The van der Waals surface area contributed by atoms with Gasteiger partial charge in [0.1, 0.15) is 5.75 Å². The molecule has 3 rings (SSSR count). The fraction of sp³-hybridized carbons (Fsp3) is 0.500. The monoisotopic (exact) mass is 416 g/mol. The molecule has 158 valence electrons. The highest BCUT2D eigenvalue weighted by Gasteiger charge is 2.24. The molecule has 6 nitrogen and oxygen atoms in total. The Labute approximate surface area is 177 Å². The zero-order valence-electron chi connectivity index (χ0n) is 17.6. The summed E-state index contributed by atoms with van der Waals surface area (Å²) in [5.74, 6) is 1.75. The number of nitrogens with one attached hydrogen (secondary N) is 2. The van der Waals surface area contributed by atoms with Crippen LogP contribution in [0.5, 0.6) is 5.75 Å². The van der Waals surface area contributed by atoms with E-state index in [4.69, 9.17) is 9.47 Å². The van der Waals surface area contributed by atoms with Crippen LogP contribution in [0.15, 0.2) is 41.4 Å². The molecule has 1 atom stereocenters. The molecule has 0 saturated carbocycles. The molecule has 0 aliphatic carbocycles. The fourth-order valence-electron chi connectivity index (χ4n) is 3.57. The first-order chi connectivity index (χ1) is 14.2. The number of thiophene rings is 1. The molecule has 1 fully saturated rings. The minimum Gasteiger partial charge on any atom is -0.496 e. The molecule has 2 heterocycles. The van der Waals surface area contributed by atoms with Crippen LogP contribution in [0, 0.1) is 6.92 Å². The second-order valence-corrected chi connectivity index (χ2v) is 8.37. The molecule has 1 aliphatic rings. The number of nitrogens with zero attached hydrogens (tertiary/aromatic N) is 2. The first-order valence-electron chi connectivity index (χ1n) is 10.2. The average molecular weight is 417 g/mol. The summed E-state index contributed by atoms with van der Waals surface area (Å²) in [5.41, 5.74) is 1.19. The maximum atomic E-state index is 5.55. The Morgan fingerprint density at radius 3 is 2.69 bits per heavy atom. The lowest BCUT2D eigenvalue weighted by Gasteiger charge is -2.34. The molecule has 0 bridgehead atoms. The van der Waals surface area contributed by atoms with Gasteiger partial charge in [0.15, 0.2) is 5.96 Å². The van der Waals surface area contributed by atoms with Gasteiger partial charge in [-0.15, -0.1) is 11.3 Å². The third kappa shape index (κ3) is 6.19. The van der Waals surface area contributed by atoms with Gasteiger partial charge >= 0.3 is 0 Å². The molecule has 0 amide bonds. The van der Waals surface area contributed by atoms with Crippen molar-refractivity contribution in [3.8, 4) is 5.75 Å². The van der Waals surface area contributed by atoms with Crippen LogP contribution in [0.1, 0.15) is 21.4 Å². The zero-order chi connectivity index (χ0) is 20.5. The van der Waals surface area contributed by atoms with Crippen molar-refractivity contribution in [1.82, 2.24) is 15.5 Å². The number of para-hydroxylation sites is 1. The van der Waals surface area contributed by atoms with Crippen LogP contribution in [0.3, 0.4) is 0 Å². The largest absolute Gasteiger partial charge is 0.496 e. The van der Waals surface area contributed by atoms with Gasteiger partial charge in [0.25, 0.3) is 0 Å². The number of aliphatic imine (C=N–C) groups is 1. The van der Waals surface area contributed by atoms with E-state index in [1.165, 1.54) is 15.3 Å². The van der Waals surface area contributed by atoms with Crippen molar-refractivity contribution >= 4 is 17.3 Å². The summed E-state index contributed by atoms with van der Waals surface area (Å²) in [7, 11) is 3.53. The molecular weight excluding hydrogens is 384 g/mol. The number of benzene rings is 1. The van der Waals surface area contributed by atoms with Gasteiger partial charge in [0.2, 0.25) is 0 Å². The molecule has 1 aromatic carbocycles. The summed E-state index contributed by atoms with van der Waals surface area (Å²) in [6, 6.07) is 12.9. The van der Waals surface area contributed by atoms with Crippen LogP contribution in [0.4, 0.5) is 0 Å². The molecule has 0 spiro atoms. The van der Waals surface area contributed by atoms with E-state index in [1.807, 2.05) is 36.6 Å². The third-order valence-corrected chi connectivity index (χ3v) is 6.24. The molecule has 0 radical (unpaired) electrons. The summed E-state index contributed by atoms with van der Waals surface area (Å²) in [5, 5.41) is 6.95. The molecule has 7 heteroatoms. The number of hydrogen-bond donors (Lipinski definition) is 2. The van der Waals surface area contributed by atoms with E-state index < -0.39 is 0 Å². The minimum atomic E-state index is 0.324. The number of hydrogen-bond acceptors (Lipinski definition) is 5. The first-order valence-corrected chi connectivity index (χ1v) is 11.0. The van der Waals surface area contributed by atoms with Crippen molar-refractivity contribution in [2.45, 2.75) is 19.4 Å². The number of methoxy groups -OCH3 is 1. The number of morpholine rings is 1. The lowest BCUT2D eigenvalue weighted by molar-refractivity contribution is 0.0177. The minimum absolute atomic E-state index is 0.324. The molecule has 1 aromatic heterocycles. The van der Waals surface area contributed by atoms with E-state index in [0.29, 0.717) is 6.04 Å². The van der Waals surface area contributed by atoms with Gasteiger partial charge in [-0.1, -0.05) is 18.2 Å². The second-order valence-electron chi connectivity index (χ2n) is 7.05. The molecule has 2 N–H and O–H groups in total. The van der Waals surface area contributed by atoms with Crippen LogP contribution < -0.4 is 15.4 Å². The number of rotatable bonds is 8. The van der Waals surface area contributed by atoms with E-state index in [1.54, 1.807) is 7.11 Å². The number of ether oxygens (including phenoxy) is 2. The lowest BCUT2D eigenvalue weighted by Crippen LogP contribution is -2.46. The Morgan fingerprint density at radius 1 is 1.21 bits per heavy atom. The van der Waals surface area contributed by atoms with E-state index in [2.05, 4.69) is 45.6 Å². The molecule has 1 saturated heterocycles. The summed E-state index contributed by atoms with van der Waals surface area (Å²) < 4.78 is 11.0. The number of guanidine groups is 1. The number of aryl methyl sites for hydroxylation is 1. The van der Waals surface area contributed by atoms with Crippen molar-refractivity contribution in [2.24, 2.45) is 4.99 Å². The van der Waals surface area contributed by atoms with Crippen molar-refractivity contribution in [3.63, 3.8) is 0 Å². The Kier molecular flexibility index (Phi) is 8.34. The topological polar surface area (TPSA) is 58.1 Å². The summed E-state index contributed by atoms with van der Waals surface area (Å²) in [6.07, 6.45) is 0.877. The van der Waals surface area contributed by atoms with E-state index in [0.717, 1.165) is 57.5 Å². The zero-order valence-corrected chi connectivity index (χ0v) is 18.4. The predicted octanol–water partition coefficient (Wildman–Crippen LogP) is 2.85. The van der Waals surface area contributed by atoms with Crippen molar-refractivity contribution in [2.75, 3.05) is 53.6 Å². The molecule has 29 heavy (non-hydrogen) atoms. The van der Waals surface area contributed by atoms with E-state index in [-0.39, 0.29) is 0 Å². The van der Waals surface area contributed by atoms with Crippen LogP contribution in [-0.2, 0) is 11.2 Å². The van der Waals surface area contributed by atoms with Gasteiger partial charge in [0.05, 0.1) is 26.4 Å². The van der Waals surface area contributed by atoms with Crippen LogP contribution in [-0.4, -0.2) is 64.4 Å². The van der Waals surface area contributed by atoms with Gasteiger partial charge in [-0.25, -0.2) is 0 Å². The molecule has 2 aromatic rings. The SMILES string of the molecule is CN=C(NCCc1ccccc1OC)NCC(c1ccc(C)s1)N1CCOCC1. The standard InChI is InChI=1S/C22H32N4O2S/c1-17-8-9-21(29-17)19(26-12-14-28-15-13-26)16-25-22(23-2)24-11-10-18-6-4-5-7-20(18)27-3/h4-9,19H,10-16H2,1-3H3,(H2,23,24,25). The van der Waals surface area contributed by atoms with Crippen LogP contribution in [0.25, 0.3) is 0 Å². The highest BCUT2D eigenvalue weighted by atomic mass is 32.1. The van der Waals surface area contributed by atoms with Gasteiger partial charge in [-0.05, 0) is 37.1 Å². The van der Waals surface area contributed by atoms with Gasteiger partial charge < -0.3 is 20.1 Å². The van der Waals surface area contributed by atoms with Crippen molar-refractivity contribution < 1.29 is 9.47 Å². The summed E-state index contributed by atoms with van der Waals surface area (Å²) >= 11 is 1.87. The predicted molar refractivity (Wildman–Crippen MR) is 120 cm³/mol. The summed E-state index contributed by atoms with van der Waals surface area (Å²) in [4.78, 5) is 9.64. The Morgan fingerprint density at radius 2 is 2.00 bits per heavy atom. The van der Waals surface area contributed by atoms with Crippen LogP contribution >= 0.6 is 11.3 Å². The maximum Gasteiger partial charge on any atom is 0.191 e. The summed E-state index contributed by atoms with van der Waals surface area (Å²) in [6.45, 7) is 7.29. The average Bonchev–Trinajstić information content (AvgIpc) is 3.19. The van der Waals surface area contributed by atoms with E-state index in [9.17, 15) is 0 Å². The molecule has 1 unspecified atom stereocenters. The third-order valence-electron chi connectivity index (χ3n) is 5.14. The highest BCUT2D eigenvalue weighted by Crippen LogP contribution is 2.27. The Hall–Kier alpha value is -2.09. The van der Waals surface area contributed by atoms with Crippen molar-refractivity contribution in [3.05, 3.63) is 51.7 Å². The molecular formula is C22H32N4O2S. The quantitative estimate of drug-likeness (QED) is 0.512. The fourth-order valence-corrected chi connectivity index (χ4v) is 4.58. The maximum absolute atomic E-state index is 5.55. The van der Waals surface area contributed by atoms with Gasteiger partial charge in [-0.2, -0.15) is 0 Å². The normalized spacial score (nSPS) is 16.4. The smallest absolute Gasteiger partial charge is 0.191 e. The van der Waals surface area contributed by atoms with Crippen molar-refractivity contribution in [1.29, 1.82) is 0 Å². The van der Waals surface area contributed by atoms with Crippen LogP contribution in [0.2, 0.25) is 0 Å². The Balaban J connectivity index is 1.55. The second kappa shape index (κ2) is 11.2. The molecule has 1 aliphatic heterocycles.